The molecule has 0 unspecified atom stereocenters. The Kier molecular flexibility index (Phi) is 9.18. The minimum absolute atomic E-state index is 0.313. The lowest BCUT2D eigenvalue weighted by molar-refractivity contribution is 0.355. The first-order valence-corrected chi connectivity index (χ1v) is 7.25. The van der Waals surface area contributed by atoms with E-state index >= 15 is 0 Å². The maximum Gasteiger partial charge on any atom is 0.107 e. The van der Waals surface area contributed by atoms with Gasteiger partial charge in [0.1, 0.15) is 6.67 Å². The zero-order chi connectivity index (χ0) is 16.4. The lowest BCUT2D eigenvalue weighted by Crippen LogP contribution is -2.24. The van der Waals surface area contributed by atoms with Crippen LogP contribution in [0, 0.1) is 0 Å². The van der Waals surface area contributed by atoms with Crippen LogP contribution < -0.4 is 0 Å². The minimum Gasteiger partial charge on any atom is -0.381 e. The number of nitrogens with zero attached hydrogens (tertiary/aromatic N) is 2. The van der Waals surface area contributed by atoms with Gasteiger partial charge < -0.3 is 9.80 Å². The number of allylic oxidation sites excluding steroid dienone is 7. The summed E-state index contributed by atoms with van der Waals surface area (Å²) in [6, 6.07) is 0. The predicted octanol–water partition coefficient (Wildman–Crippen LogP) is 4.66. The fourth-order valence-corrected chi connectivity index (χ4v) is 1.77. The smallest absolute Gasteiger partial charge is 0.107 e. The average molecular weight is 292 g/mol. The fraction of sp³-hybridized carbons (Fsp3) is 0.444. The summed E-state index contributed by atoms with van der Waals surface area (Å²) in [6.07, 6.45) is 8.51. The third-order valence-electron chi connectivity index (χ3n) is 3.39. The summed E-state index contributed by atoms with van der Waals surface area (Å²) in [7, 11) is 4.00. The Morgan fingerprint density at radius 1 is 1.14 bits per heavy atom. The summed E-state index contributed by atoms with van der Waals surface area (Å²) in [5, 5.41) is 0. The monoisotopic (exact) mass is 292 g/mol. The SMILES string of the molecule is C=CC=C(CC)N(CCF)C(=C)C(C)=CC=C(C)N(C)C. The fourth-order valence-electron chi connectivity index (χ4n) is 1.77. The maximum absolute atomic E-state index is 12.8. The van der Waals surface area contributed by atoms with Gasteiger partial charge in [-0.15, -0.1) is 0 Å². The van der Waals surface area contributed by atoms with Crippen molar-refractivity contribution in [1.29, 1.82) is 0 Å². The second kappa shape index (κ2) is 10.0. The second-order valence-corrected chi connectivity index (χ2v) is 5.09. The molecule has 2 nitrogen and oxygen atoms in total. The molecule has 0 amide bonds. The maximum atomic E-state index is 12.8. The van der Waals surface area contributed by atoms with E-state index in [-0.39, 0.29) is 0 Å². The molecule has 0 heterocycles. The van der Waals surface area contributed by atoms with E-state index in [1.54, 1.807) is 6.08 Å². The molecule has 0 radical (unpaired) electrons. The van der Waals surface area contributed by atoms with Crippen molar-refractivity contribution in [3.8, 4) is 0 Å². The first-order valence-electron chi connectivity index (χ1n) is 7.25. The summed E-state index contributed by atoms with van der Waals surface area (Å²) in [6.45, 7) is 13.8. The molecule has 0 aliphatic heterocycles. The summed E-state index contributed by atoms with van der Waals surface area (Å²) in [5.74, 6) is 0. The number of alkyl halides is 1. The van der Waals surface area contributed by atoms with Crippen LogP contribution in [-0.2, 0) is 0 Å². The van der Waals surface area contributed by atoms with Gasteiger partial charge in [0.15, 0.2) is 0 Å². The van der Waals surface area contributed by atoms with Gasteiger partial charge in [-0.3, -0.25) is 0 Å². The van der Waals surface area contributed by atoms with Gasteiger partial charge in [-0.05, 0) is 38.0 Å². The summed E-state index contributed by atoms with van der Waals surface area (Å²) < 4.78 is 12.8. The normalized spacial score (nSPS) is 13.1. The van der Waals surface area contributed by atoms with Gasteiger partial charge in [-0.1, -0.05) is 32.2 Å². The first-order chi connectivity index (χ1) is 9.88. The van der Waals surface area contributed by atoms with Crippen LogP contribution in [0.3, 0.4) is 0 Å². The van der Waals surface area contributed by atoms with E-state index in [0.29, 0.717) is 6.54 Å². The van der Waals surface area contributed by atoms with Gasteiger partial charge in [0.2, 0.25) is 0 Å². The highest BCUT2D eigenvalue weighted by Crippen LogP contribution is 2.21. The van der Waals surface area contributed by atoms with Crippen LogP contribution in [0.4, 0.5) is 4.39 Å². The van der Waals surface area contributed by atoms with Gasteiger partial charge in [0, 0.05) is 31.2 Å². The van der Waals surface area contributed by atoms with E-state index in [9.17, 15) is 4.39 Å². The van der Waals surface area contributed by atoms with Crippen LogP contribution in [0.2, 0.25) is 0 Å². The Balaban J connectivity index is 5.30. The molecule has 0 rings (SSSR count). The Hall–Kier alpha value is -1.77. The van der Waals surface area contributed by atoms with E-state index in [1.165, 1.54) is 0 Å². The largest absolute Gasteiger partial charge is 0.381 e. The highest BCUT2D eigenvalue weighted by atomic mass is 19.1. The summed E-state index contributed by atoms with van der Waals surface area (Å²) >= 11 is 0. The first kappa shape index (κ1) is 19.2. The molecule has 0 saturated heterocycles. The van der Waals surface area contributed by atoms with Gasteiger partial charge >= 0.3 is 0 Å². The van der Waals surface area contributed by atoms with Crippen LogP contribution in [0.1, 0.15) is 27.2 Å². The molecular weight excluding hydrogens is 263 g/mol. The minimum atomic E-state index is -0.409. The predicted molar refractivity (Wildman–Crippen MR) is 91.6 cm³/mol. The third-order valence-corrected chi connectivity index (χ3v) is 3.39. The summed E-state index contributed by atoms with van der Waals surface area (Å²) in [4.78, 5) is 3.97. The molecule has 0 aromatic carbocycles. The number of rotatable bonds is 9. The van der Waals surface area contributed by atoms with Crippen molar-refractivity contribution in [3.63, 3.8) is 0 Å². The van der Waals surface area contributed by atoms with Crippen molar-refractivity contribution < 1.29 is 4.39 Å². The van der Waals surface area contributed by atoms with Gasteiger partial charge in [0.25, 0.3) is 0 Å². The van der Waals surface area contributed by atoms with E-state index in [0.717, 1.165) is 29.1 Å². The molecular formula is C18H29FN2. The Morgan fingerprint density at radius 3 is 2.19 bits per heavy atom. The topological polar surface area (TPSA) is 6.48 Å². The van der Waals surface area contributed by atoms with Crippen molar-refractivity contribution in [2.24, 2.45) is 0 Å². The van der Waals surface area contributed by atoms with E-state index in [2.05, 4.69) is 13.2 Å². The molecule has 0 bridgehead atoms. The Bertz CT molecular complexity index is 442. The van der Waals surface area contributed by atoms with E-state index < -0.39 is 6.67 Å². The van der Waals surface area contributed by atoms with Crippen LogP contribution in [0.15, 0.2) is 60.1 Å². The van der Waals surface area contributed by atoms with Crippen molar-refractivity contribution >= 4 is 0 Å². The zero-order valence-corrected chi connectivity index (χ0v) is 14.1. The summed E-state index contributed by atoms with van der Waals surface area (Å²) in [5.41, 5.74) is 4.02. The van der Waals surface area contributed by atoms with Crippen LogP contribution in [0.25, 0.3) is 0 Å². The van der Waals surface area contributed by atoms with Crippen molar-refractivity contribution in [1.82, 2.24) is 9.80 Å². The molecule has 118 valence electrons. The lowest BCUT2D eigenvalue weighted by Gasteiger charge is -2.28. The molecule has 0 fully saturated rings. The van der Waals surface area contributed by atoms with Gasteiger partial charge in [-0.2, -0.15) is 0 Å². The Morgan fingerprint density at radius 2 is 1.76 bits per heavy atom. The molecule has 0 spiro atoms. The molecule has 0 saturated carbocycles. The zero-order valence-electron chi connectivity index (χ0n) is 14.1. The van der Waals surface area contributed by atoms with Crippen molar-refractivity contribution in [2.75, 3.05) is 27.3 Å². The van der Waals surface area contributed by atoms with Crippen molar-refractivity contribution in [3.05, 3.63) is 60.1 Å². The Labute approximate surface area is 129 Å². The quantitative estimate of drug-likeness (QED) is 0.570. The molecule has 0 aromatic heterocycles. The van der Waals surface area contributed by atoms with Crippen LogP contribution >= 0.6 is 0 Å². The molecule has 0 aromatic rings. The molecule has 3 heteroatoms. The average Bonchev–Trinajstić information content (AvgIpc) is 2.46. The highest BCUT2D eigenvalue weighted by Gasteiger charge is 2.12. The molecule has 0 aliphatic rings. The van der Waals surface area contributed by atoms with E-state index in [1.807, 2.05) is 62.9 Å². The van der Waals surface area contributed by atoms with Gasteiger partial charge in [0.05, 0.1) is 6.54 Å². The molecule has 0 atom stereocenters. The number of hydrogen-bond acceptors (Lipinski definition) is 2. The number of halogens is 1. The lowest BCUT2D eigenvalue weighted by atomic mass is 10.1. The van der Waals surface area contributed by atoms with E-state index in [4.69, 9.17) is 0 Å². The molecule has 0 N–H and O–H groups in total. The van der Waals surface area contributed by atoms with Crippen LogP contribution in [-0.4, -0.2) is 37.1 Å². The third kappa shape index (κ3) is 6.48. The van der Waals surface area contributed by atoms with Crippen LogP contribution in [0.5, 0.6) is 0 Å². The van der Waals surface area contributed by atoms with Gasteiger partial charge in [-0.25, -0.2) is 4.39 Å². The molecule has 21 heavy (non-hydrogen) atoms. The van der Waals surface area contributed by atoms with Crippen molar-refractivity contribution in [2.45, 2.75) is 27.2 Å². The molecule has 0 aliphatic carbocycles. The standard InChI is InChI=1S/C18H29FN2/c1-8-10-18(9-2)21(14-13-19)17(5)15(3)11-12-16(4)20(6)7/h8,10-12H,1,5,9,13-14H2,2-4,6-7H3. The highest BCUT2D eigenvalue weighted by molar-refractivity contribution is 5.33. The number of hydrogen-bond donors (Lipinski definition) is 0. The second-order valence-electron chi connectivity index (χ2n) is 5.09.